The van der Waals surface area contributed by atoms with Crippen LogP contribution in [0.5, 0.6) is 0 Å². The van der Waals surface area contributed by atoms with Crippen molar-refractivity contribution in [1.82, 2.24) is 9.97 Å². The van der Waals surface area contributed by atoms with Crippen LogP contribution in [0.3, 0.4) is 0 Å². The summed E-state index contributed by atoms with van der Waals surface area (Å²) in [7, 11) is 0. The van der Waals surface area contributed by atoms with E-state index in [0.717, 1.165) is 18.9 Å². The quantitative estimate of drug-likeness (QED) is 0.666. The second-order valence-electron chi connectivity index (χ2n) is 3.37. The standard InChI is InChI=1S/C10H12N4O/c1-8-9(6-11)13-10(7-12-8)14-2-4-15-5-3-14/h7H,2-5H2,1H3. The SMILES string of the molecule is Cc1ncc(N2CCOCC2)nc1C#N. The average molecular weight is 204 g/mol. The molecule has 0 aliphatic carbocycles. The lowest BCUT2D eigenvalue weighted by molar-refractivity contribution is 0.122. The first-order valence-corrected chi connectivity index (χ1v) is 4.87. The van der Waals surface area contributed by atoms with E-state index in [9.17, 15) is 0 Å². The van der Waals surface area contributed by atoms with Crippen LogP contribution in [0.4, 0.5) is 5.82 Å². The van der Waals surface area contributed by atoms with Gasteiger partial charge in [0.25, 0.3) is 0 Å². The van der Waals surface area contributed by atoms with Crippen LogP contribution in [-0.2, 0) is 4.74 Å². The van der Waals surface area contributed by atoms with Crippen molar-refractivity contribution in [2.45, 2.75) is 6.92 Å². The van der Waals surface area contributed by atoms with Gasteiger partial charge < -0.3 is 9.64 Å². The molecule has 2 heterocycles. The van der Waals surface area contributed by atoms with Crippen molar-refractivity contribution in [2.24, 2.45) is 0 Å². The maximum absolute atomic E-state index is 8.85. The molecule has 1 aromatic rings. The molecule has 15 heavy (non-hydrogen) atoms. The Morgan fingerprint density at radius 1 is 1.47 bits per heavy atom. The van der Waals surface area contributed by atoms with Crippen molar-refractivity contribution in [1.29, 1.82) is 5.26 Å². The minimum Gasteiger partial charge on any atom is -0.378 e. The molecule has 0 atom stereocenters. The largest absolute Gasteiger partial charge is 0.378 e. The third-order valence-corrected chi connectivity index (χ3v) is 2.38. The van der Waals surface area contributed by atoms with Gasteiger partial charge in [0, 0.05) is 13.1 Å². The minimum absolute atomic E-state index is 0.402. The lowest BCUT2D eigenvalue weighted by Gasteiger charge is -2.27. The van der Waals surface area contributed by atoms with E-state index >= 15 is 0 Å². The van der Waals surface area contributed by atoms with Gasteiger partial charge in [0.2, 0.25) is 0 Å². The van der Waals surface area contributed by atoms with E-state index in [1.54, 1.807) is 13.1 Å². The number of aromatic nitrogens is 2. The molecule has 1 fully saturated rings. The predicted octanol–water partition coefficient (Wildman–Crippen LogP) is 0.493. The van der Waals surface area contributed by atoms with Gasteiger partial charge in [0.05, 0.1) is 25.1 Å². The highest BCUT2D eigenvalue weighted by Crippen LogP contribution is 2.13. The van der Waals surface area contributed by atoms with Gasteiger partial charge >= 0.3 is 0 Å². The molecule has 5 heteroatoms. The molecule has 1 saturated heterocycles. The zero-order valence-electron chi connectivity index (χ0n) is 8.60. The molecule has 1 aliphatic rings. The lowest BCUT2D eigenvalue weighted by atomic mass is 10.3. The van der Waals surface area contributed by atoms with Crippen molar-refractivity contribution in [2.75, 3.05) is 31.2 Å². The Balaban J connectivity index is 2.25. The van der Waals surface area contributed by atoms with Crippen LogP contribution < -0.4 is 4.90 Å². The van der Waals surface area contributed by atoms with Crippen molar-refractivity contribution >= 4 is 5.82 Å². The van der Waals surface area contributed by atoms with Crippen LogP contribution in [0, 0.1) is 18.3 Å². The van der Waals surface area contributed by atoms with E-state index in [0.29, 0.717) is 24.6 Å². The molecule has 2 rings (SSSR count). The highest BCUT2D eigenvalue weighted by Gasteiger charge is 2.13. The van der Waals surface area contributed by atoms with Crippen LogP contribution >= 0.6 is 0 Å². The summed E-state index contributed by atoms with van der Waals surface area (Å²) in [5, 5.41) is 8.85. The molecule has 0 spiro atoms. The number of nitriles is 1. The van der Waals surface area contributed by atoms with Crippen molar-refractivity contribution in [3.63, 3.8) is 0 Å². The van der Waals surface area contributed by atoms with E-state index in [2.05, 4.69) is 14.9 Å². The van der Waals surface area contributed by atoms with Gasteiger partial charge in [-0.3, -0.25) is 4.98 Å². The van der Waals surface area contributed by atoms with Crippen LogP contribution in [0.25, 0.3) is 0 Å². The first-order chi connectivity index (χ1) is 7.31. The van der Waals surface area contributed by atoms with Gasteiger partial charge in [0.1, 0.15) is 11.9 Å². The molecule has 1 aliphatic heterocycles. The number of aryl methyl sites for hydroxylation is 1. The number of hydrogen-bond donors (Lipinski definition) is 0. The molecule has 0 N–H and O–H groups in total. The zero-order valence-corrected chi connectivity index (χ0v) is 8.60. The van der Waals surface area contributed by atoms with E-state index < -0.39 is 0 Å². The Bertz CT molecular complexity index is 393. The summed E-state index contributed by atoms with van der Waals surface area (Å²) in [6.07, 6.45) is 1.71. The molecule has 1 aromatic heterocycles. The number of rotatable bonds is 1. The molecule has 5 nitrogen and oxygen atoms in total. The molecular formula is C10H12N4O. The molecule has 0 unspecified atom stereocenters. The molecule has 0 bridgehead atoms. The number of morpholine rings is 1. The number of hydrogen-bond acceptors (Lipinski definition) is 5. The highest BCUT2D eigenvalue weighted by molar-refractivity contribution is 5.40. The first kappa shape index (κ1) is 9.87. The third-order valence-electron chi connectivity index (χ3n) is 2.38. The smallest absolute Gasteiger partial charge is 0.164 e. The first-order valence-electron chi connectivity index (χ1n) is 4.87. The van der Waals surface area contributed by atoms with Gasteiger partial charge in [-0.15, -0.1) is 0 Å². The maximum Gasteiger partial charge on any atom is 0.164 e. The van der Waals surface area contributed by atoms with Crippen molar-refractivity contribution < 1.29 is 4.74 Å². The molecule has 0 radical (unpaired) electrons. The second kappa shape index (κ2) is 4.24. The van der Waals surface area contributed by atoms with E-state index in [1.165, 1.54) is 0 Å². The van der Waals surface area contributed by atoms with Crippen molar-refractivity contribution in [3.8, 4) is 6.07 Å². The second-order valence-corrected chi connectivity index (χ2v) is 3.37. The zero-order chi connectivity index (χ0) is 10.7. The van der Waals surface area contributed by atoms with Gasteiger partial charge in [-0.1, -0.05) is 0 Å². The summed E-state index contributed by atoms with van der Waals surface area (Å²) in [6.45, 7) is 4.81. The number of ether oxygens (including phenoxy) is 1. The summed E-state index contributed by atoms with van der Waals surface area (Å²) in [5.41, 5.74) is 1.08. The summed E-state index contributed by atoms with van der Waals surface area (Å²) >= 11 is 0. The van der Waals surface area contributed by atoms with Gasteiger partial charge in [-0.05, 0) is 6.92 Å². The van der Waals surface area contributed by atoms with E-state index in [4.69, 9.17) is 10.00 Å². The number of nitrogens with zero attached hydrogens (tertiary/aromatic N) is 4. The average Bonchev–Trinajstić information content (AvgIpc) is 2.31. The fourth-order valence-electron chi connectivity index (χ4n) is 1.49. The molecular weight excluding hydrogens is 192 g/mol. The fraction of sp³-hybridized carbons (Fsp3) is 0.500. The minimum atomic E-state index is 0.402. The normalized spacial score (nSPS) is 16.1. The Morgan fingerprint density at radius 3 is 2.87 bits per heavy atom. The summed E-state index contributed by atoms with van der Waals surface area (Å²) in [6, 6.07) is 2.04. The predicted molar refractivity (Wildman–Crippen MR) is 54.5 cm³/mol. The van der Waals surface area contributed by atoms with Crippen LogP contribution in [-0.4, -0.2) is 36.3 Å². The Hall–Kier alpha value is -1.67. The summed E-state index contributed by atoms with van der Waals surface area (Å²) in [5.74, 6) is 0.764. The highest BCUT2D eigenvalue weighted by atomic mass is 16.5. The summed E-state index contributed by atoms with van der Waals surface area (Å²) in [4.78, 5) is 10.5. The maximum atomic E-state index is 8.85. The van der Waals surface area contributed by atoms with E-state index in [1.807, 2.05) is 6.07 Å². The third kappa shape index (κ3) is 2.05. The van der Waals surface area contributed by atoms with Gasteiger partial charge in [0.15, 0.2) is 5.69 Å². The Morgan fingerprint density at radius 2 is 2.20 bits per heavy atom. The van der Waals surface area contributed by atoms with Crippen molar-refractivity contribution in [3.05, 3.63) is 17.6 Å². The molecule has 0 aromatic carbocycles. The molecule has 78 valence electrons. The van der Waals surface area contributed by atoms with Crippen LogP contribution in [0.1, 0.15) is 11.4 Å². The number of anilines is 1. The summed E-state index contributed by atoms with van der Waals surface area (Å²) < 4.78 is 5.25. The molecule has 0 saturated carbocycles. The Labute approximate surface area is 88.3 Å². The monoisotopic (exact) mass is 204 g/mol. The Kier molecular flexibility index (Phi) is 2.79. The molecule has 0 amide bonds. The van der Waals surface area contributed by atoms with Gasteiger partial charge in [-0.25, -0.2) is 4.98 Å². The van der Waals surface area contributed by atoms with E-state index in [-0.39, 0.29) is 0 Å². The van der Waals surface area contributed by atoms with Crippen LogP contribution in [0.15, 0.2) is 6.20 Å². The fourth-order valence-corrected chi connectivity index (χ4v) is 1.49. The van der Waals surface area contributed by atoms with Crippen LogP contribution in [0.2, 0.25) is 0 Å². The van der Waals surface area contributed by atoms with Gasteiger partial charge in [-0.2, -0.15) is 5.26 Å². The lowest BCUT2D eigenvalue weighted by Crippen LogP contribution is -2.37. The topological polar surface area (TPSA) is 62.0 Å².